The minimum absolute atomic E-state index is 0.0171. The van der Waals surface area contributed by atoms with E-state index >= 15 is 0 Å². The Morgan fingerprint density at radius 2 is 1.28 bits per heavy atom. The normalized spacial score (nSPS) is 19.3. The average Bonchev–Trinajstić information content (AvgIpc) is 3.68. The molecule has 6 rings (SSSR count). The second-order valence-electron chi connectivity index (χ2n) is 18.4. The first kappa shape index (κ1) is 59.0. The van der Waals surface area contributed by atoms with Crippen LogP contribution in [0.25, 0.3) is 21.5 Å². The number of anilines is 1. The third kappa shape index (κ3) is 13.1. The van der Waals surface area contributed by atoms with Gasteiger partial charge in [-0.15, -0.1) is 0 Å². The van der Waals surface area contributed by atoms with Crippen LogP contribution in [-0.2, 0) is 75.7 Å². The minimum atomic E-state index is -5.35. The molecule has 0 aliphatic carbocycles. The van der Waals surface area contributed by atoms with Crippen LogP contribution in [0.3, 0.4) is 0 Å². The van der Waals surface area contributed by atoms with Crippen molar-refractivity contribution in [3.05, 3.63) is 108 Å². The molecular formula is C49H58N2O19S5. The van der Waals surface area contributed by atoms with E-state index < -0.39 is 92.7 Å². The molecule has 26 heteroatoms. The molecule has 0 aromatic heterocycles. The Morgan fingerprint density at radius 3 is 1.87 bits per heavy atom. The molecule has 2 unspecified atom stereocenters. The van der Waals surface area contributed by atoms with Gasteiger partial charge in [-0.3, -0.25) is 23.0 Å². The van der Waals surface area contributed by atoms with Crippen LogP contribution < -0.4 is 4.90 Å². The maximum atomic E-state index is 12.7. The molecule has 0 saturated carbocycles. The highest BCUT2D eigenvalue weighted by atomic mass is 32.2. The van der Waals surface area contributed by atoms with Crippen molar-refractivity contribution in [2.45, 2.75) is 96.1 Å². The fraction of sp³-hybridized carbons (Fsp3) is 0.388. The van der Waals surface area contributed by atoms with E-state index in [1.807, 2.05) is 29.4 Å². The Morgan fingerprint density at radius 1 is 0.680 bits per heavy atom. The van der Waals surface area contributed by atoms with E-state index in [0.29, 0.717) is 78.5 Å². The third-order valence-corrected chi connectivity index (χ3v) is 17.7. The highest BCUT2D eigenvalue weighted by Crippen LogP contribution is 2.54. The summed E-state index contributed by atoms with van der Waals surface area (Å²) in [4.78, 5) is 9.89. The summed E-state index contributed by atoms with van der Waals surface area (Å²) in [5, 5.41) is 9.22. The fourth-order valence-corrected chi connectivity index (χ4v) is 13.3. The molecule has 408 valence electrons. The number of carboxylic acids is 1. The molecule has 0 fully saturated rings. The first-order valence-corrected chi connectivity index (χ1v) is 30.7. The lowest BCUT2D eigenvalue weighted by Crippen LogP contribution is -2.33. The lowest BCUT2D eigenvalue weighted by molar-refractivity contribution is -0.433. The zero-order valence-electron chi connectivity index (χ0n) is 41.2. The van der Waals surface area contributed by atoms with Crippen LogP contribution in [0.1, 0.15) is 76.8 Å². The van der Waals surface area contributed by atoms with Crippen molar-refractivity contribution in [1.29, 1.82) is 0 Å². The van der Waals surface area contributed by atoms with Crippen molar-refractivity contribution in [1.82, 2.24) is 0 Å². The highest BCUT2D eigenvalue weighted by molar-refractivity contribution is 7.87. The Labute approximate surface area is 436 Å². The second kappa shape index (κ2) is 22.8. The van der Waals surface area contributed by atoms with Gasteiger partial charge in [0.2, 0.25) is 5.69 Å². The third-order valence-electron chi connectivity index (χ3n) is 13.4. The van der Waals surface area contributed by atoms with Crippen molar-refractivity contribution in [2.24, 2.45) is 0 Å². The van der Waals surface area contributed by atoms with E-state index in [2.05, 4.69) is 0 Å². The Bertz CT molecular complexity index is 3660. The van der Waals surface area contributed by atoms with E-state index in [4.69, 9.17) is 9.47 Å². The summed E-state index contributed by atoms with van der Waals surface area (Å²) in [6.07, 6.45) is 13.2. The van der Waals surface area contributed by atoms with Gasteiger partial charge in [0.1, 0.15) is 21.6 Å². The highest BCUT2D eigenvalue weighted by Gasteiger charge is 2.49. The van der Waals surface area contributed by atoms with Gasteiger partial charge in [0.05, 0.1) is 39.1 Å². The van der Waals surface area contributed by atoms with Gasteiger partial charge in [0, 0.05) is 66.6 Å². The molecule has 0 bridgehead atoms. The maximum Gasteiger partial charge on any atom is 0.303 e. The van der Waals surface area contributed by atoms with Crippen LogP contribution in [0.15, 0.2) is 116 Å². The molecule has 0 radical (unpaired) electrons. The van der Waals surface area contributed by atoms with E-state index in [9.17, 15) is 74.8 Å². The SMILES string of the molecule is CC[N+]1=C(/C=C/C=C/C=C/C=C2/N(CCCCCC(=O)O)c3ccc4c(S(=O)(=O)[O-])cc(S(=O)(=O)O)cc4c3C2(C)CCCS(=O)(=O)O)C(C)(CCOCCOC)c2c1ccc1c(S(=O)(=O)O)cc(S(=O)(=O)O)cc21. The molecule has 21 nitrogen and oxygen atoms in total. The summed E-state index contributed by atoms with van der Waals surface area (Å²) in [5.74, 6) is -1.67. The van der Waals surface area contributed by atoms with E-state index in [1.165, 1.54) is 31.4 Å². The van der Waals surface area contributed by atoms with Crippen molar-refractivity contribution in [3.63, 3.8) is 0 Å². The predicted molar refractivity (Wildman–Crippen MR) is 277 cm³/mol. The van der Waals surface area contributed by atoms with Gasteiger partial charge in [-0.05, 0) is 117 Å². The number of benzene rings is 4. The molecule has 2 aliphatic rings. The number of nitrogens with zero attached hydrogens (tertiary/aromatic N) is 2. The van der Waals surface area contributed by atoms with Crippen molar-refractivity contribution in [2.75, 3.05) is 50.7 Å². The molecule has 2 aliphatic heterocycles. The van der Waals surface area contributed by atoms with Crippen LogP contribution in [0.5, 0.6) is 0 Å². The number of ether oxygens (including phenoxy) is 2. The van der Waals surface area contributed by atoms with Gasteiger partial charge in [0.25, 0.3) is 40.5 Å². The quantitative estimate of drug-likeness (QED) is 0.0199. The molecule has 0 amide bonds. The molecular weight excluding hydrogens is 1080 g/mol. The van der Waals surface area contributed by atoms with Gasteiger partial charge in [-0.1, -0.05) is 42.9 Å². The zero-order valence-corrected chi connectivity index (χ0v) is 45.3. The standard InChI is InChI=1S/C49H58N2O19S5/c1-5-50-39-20-18-35-37(29-33(72(57,58)59)31-41(35)74(63,64)65)46(39)49(3,23-25-70-27-26-69-4)43(50)15-10-7-6-8-11-16-44-48(2,22-14-28-71(54,55)56)47-38-30-34(73(60,61)62)32-42(75(66,67)68)36(38)19-21-40(47)51(44)24-13-9-12-17-45(52)53/h6-8,10-11,15-16,18-21,29-32H,5,9,12-14,17,22-28H2,1-4H3,(H5-,52,53,54,55,56,57,58,59,60,61,62,63,64,65,66,67,68). The number of allylic oxidation sites excluding steroid dienone is 8. The Kier molecular flexibility index (Phi) is 17.9. The predicted octanol–water partition coefficient (Wildman–Crippen LogP) is 6.71. The number of rotatable bonds is 25. The van der Waals surface area contributed by atoms with Gasteiger partial charge in [-0.2, -0.15) is 38.2 Å². The Balaban J connectivity index is 1.46. The van der Waals surface area contributed by atoms with E-state index in [1.54, 1.807) is 49.4 Å². The Hall–Kier alpha value is -5.23. The summed E-state index contributed by atoms with van der Waals surface area (Å²) < 4.78 is 190. The first-order chi connectivity index (χ1) is 34.9. The summed E-state index contributed by atoms with van der Waals surface area (Å²) >= 11 is 0. The number of aliphatic carboxylic acids is 1. The number of unbranched alkanes of at least 4 members (excludes halogenated alkanes) is 2. The number of carbonyl (C=O) groups is 1. The molecule has 0 spiro atoms. The lowest BCUT2D eigenvalue weighted by atomic mass is 9.75. The number of hydrogen-bond donors (Lipinski definition) is 5. The maximum absolute atomic E-state index is 12.7. The van der Waals surface area contributed by atoms with Crippen LogP contribution in [-0.4, -0.2) is 132 Å². The second-order valence-corrected chi connectivity index (χ2v) is 25.6. The lowest BCUT2D eigenvalue weighted by Gasteiger charge is -2.31. The smallest absolute Gasteiger partial charge is 0.303 e. The number of carboxylic acid groups (broad SMARTS) is 1. The van der Waals surface area contributed by atoms with Crippen LogP contribution in [0, 0.1) is 0 Å². The molecule has 0 saturated heterocycles. The zero-order chi connectivity index (χ0) is 55.5. The van der Waals surface area contributed by atoms with E-state index in [-0.39, 0.29) is 67.0 Å². The minimum Gasteiger partial charge on any atom is -0.744 e. The molecule has 2 atom stereocenters. The first-order valence-electron chi connectivity index (χ1n) is 23.4. The van der Waals surface area contributed by atoms with Gasteiger partial charge >= 0.3 is 5.97 Å². The molecule has 75 heavy (non-hydrogen) atoms. The topological polar surface area (TPSA) is 337 Å². The summed E-state index contributed by atoms with van der Waals surface area (Å²) in [5.41, 5.74) is 0.747. The molecule has 5 N–H and O–H groups in total. The van der Waals surface area contributed by atoms with E-state index in [0.717, 1.165) is 6.07 Å². The van der Waals surface area contributed by atoms with Crippen molar-refractivity contribution in [3.8, 4) is 0 Å². The fourth-order valence-electron chi connectivity index (χ4n) is 10.1. The monoisotopic (exact) mass is 1140 g/mol. The average molecular weight is 1140 g/mol. The number of methoxy groups -OCH3 is 1. The van der Waals surface area contributed by atoms with Crippen molar-refractivity contribution >= 4 is 95.2 Å². The van der Waals surface area contributed by atoms with Gasteiger partial charge in [0.15, 0.2) is 5.71 Å². The van der Waals surface area contributed by atoms with Gasteiger partial charge in [-0.25, -0.2) is 8.42 Å². The molecule has 4 aromatic rings. The molecule has 4 aromatic carbocycles. The van der Waals surface area contributed by atoms with Crippen molar-refractivity contribution < 1.29 is 88.8 Å². The molecule has 2 heterocycles. The summed E-state index contributed by atoms with van der Waals surface area (Å²) in [6.45, 7) is 6.82. The van der Waals surface area contributed by atoms with Crippen LogP contribution in [0.2, 0.25) is 0 Å². The largest absolute Gasteiger partial charge is 0.744 e. The summed E-state index contributed by atoms with van der Waals surface area (Å²) in [7, 11) is -23.4. The van der Waals surface area contributed by atoms with Crippen LogP contribution in [0.4, 0.5) is 11.4 Å². The van der Waals surface area contributed by atoms with Crippen LogP contribution >= 0.6 is 0 Å². The number of fused-ring (bicyclic) bond motifs is 6. The summed E-state index contributed by atoms with van der Waals surface area (Å²) in [6, 6.07) is 9.43. The number of hydrogen-bond acceptors (Lipinski definition) is 15. The van der Waals surface area contributed by atoms with Gasteiger partial charge < -0.3 is 24.0 Å².